The highest BCUT2D eigenvalue weighted by Crippen LogP contribution is 2.37. The normalized spacial score (nSPS) is 18.5. The highest BCUT2D eigenvalue weighted by Gasteiger charge is 2.40. The van der Waals surface area contributed by atoms with Crippen molar-refractivity contribution >= 4 is 34.8 Å². The summed E-state index contributed by atoms with van der Waals surface area (Å²) >= 11 is 0. The van der Waals surface area contributed by atoms with Crippen molar-refractivity contribution in [3.8, 4) is 33.6 Å². The summed E-state index contributed by atoms with van der Waals surface area (Å²) in [5.74, 6) is 1.23. The van der Waals surface area contributed by atoms with Crippen molar-refractivity contribution in [2.24, 2.45) is 11.8 Å². The smallest absolute Gasteiger partial charge is 0.407 e. The van der Waals surface area contributed by atoms with E-state index >= 15 is 0 Å². The lowest BCUT2D eigenvalue weighted by Crippen LogP contribution is -2.51. The number of hydrogen-bond acceptors (Lipinski definition) is 8. The molecule has 0 aliphatic carbocycles. The van der Waals surface area contributed by atoms with Crippen LogP contribution in [-0.2, 0) is 19.1 Å². The average Bonchev–Trinajstić information content (AvgIpc) is 4.14. The van der Waals surface area contributed by atoms with Crippen molar-refractivity contribution in [3.05, 3.63) is 121 Å². The summed E-state index contributed by atoms with van der Waals surface area (Å²) in [5.41, 5.74) is 6.51. The van der Waals surface area contributed by atoms with Crippen LogP contribution in [0.2, 0.25) is 0 Å². The standard InChI is InChI=1S/C48H52N8O6/c1-28(2)41(53-47(59)61-4)45(57)56-27-29(3)22-40(56)44-50-26-38(52-44)36-20-19-34-23-33(17-18-35(34)24-36)30-13-15-31(16-14-30)37-25-49-43(51-37)39-12-9-21-55(39)46(58)42(54-48(60)62-5)32-10-7-6-8-11-32/h6-8,10-11,13-20,23-26,28-29,39-42H,9,12,21-22,27H2,1-5H3,(H,49,51)(H,50,52)(H,53,59)(H,54,60)/t29-,39-,40-,41-,42+/m0/s1. The van der Waals surface area contributed by atoms with Gasteiger partial charge in [-0.3, -0.25) is 9.59 Å². The van der Waals surface area contributed by atoms with Crippen LogP contribution in [0.5, 0.6) is 0 Å². The average molecular weight is 837 g/mol. The molecule has 4 N–H and O–H groups in total. The third-order valence-corrected chi connectivity index (χ3v) is 12.1. The van der Waals surface area contributed by atoms with Crippen LogP contribution in [0.4, 0.5) is 9.59 Å². The number of alkyl carbamates (subject to hydrolysis) is 2. The summed E-state index contributed by atoms with van der Waals surface area (Å²) in [6.07, 6.45) is 4.67. The van der Waals surface area contributed by atoms with Crippen molar-refractivity contribution < 1.29 is 28.7 Å². The number of rotatable bonds is 11. The number of hydrogen-bond donors (Lipinski definition) is 4. The van der Waals surface area contributed by atoms with Gasteiger partial charge in [0.2, 0.25) is 5.91 Å². The number of likely N-dealkylation sites (tertiary alicyclic amines) is 2. The Morgan fingerprint density at radius 1 is 0.694 bits per heavy atom. The van der Waals surface area contributed by atoms with Crippen LogP contribution in [-0.4, -0.2) is 87.1 Å². The Labute approximate surface area is 360 Å². The summed E-state index contributed by atoms with van der Waals surface area (Å²) in [7, 11) is 2.58. The predicted molar refractivity (Wildman–Crippen MR) is 235 cm³/mol. The second-order valence-corrected chi connectivity index (χ2v) is 16.6. The lowest BCUT2D eigenvalue weighted by Gasteiger charge is -2.30. The Morgan fingerprint density at radius 2 is 1.27 bits per heavy atom. The number of aromatic nitrogens is 4. The van der Waals surface area contributed by atoms with E-state index in [0.717, 1.165) is 69.5 Å². The van der Waals surface area contributed by atoms with Gasteiger partial charge < -0.3 is 39.9 Å². The Morgan fingerprint density at radius 3 is 1.94 bits per heavy atom. The Kier molecular flexibility index (Phi) is 12.1. The number of ether oxygens (including phenoxy) is 2. The van der Waals surface area contributed by atoms with Crippen LogP contribution in [0.15, 0.2) is 103 Å². The van der Waals surface area contributed by atoms with Gasteiger partial charge in [0.25, 0.3) is 5.91 Å². The molecule has 320 valence electrons. The first kappa shape index (κ1) is 41.8. The number of carbonyl (C=O) groups is 4. The third-order valence-electron chi connectivity index (χ3n) is 12.1. The van der Waals surface area contributed by atoms with Crippen molar-refractivity contribution in [1.29, 1.82) is 0 Å². The van der Waals surface area contributed by atoms with Gasteiger partial charge in [-0.2, -0.15) is 0 Å². The van der Waals surface area contributed by atoms with E-state index in [1.807, 2.05) is 55.3 Å². The minimum Gasteiger partial charge on any atom is -0.453 e. The molecule has 8 rings (SSSR count). The molecule has 0 unspecified atom stereocenters. The predicted octanol–water partition coefficient (Wildman–Crippen LogP) is 8.34. The number of nitrogens with one attached hydrogen (secondary N) is 4. The van der Waals surface area contributed by atoms with Gasteiger partial charge >= 0.3 is 12.2 Å². The molecule has 6 aromatic rings. The first-order valence-corrected chi connectivity index (χ1v) is 21.1. The van der Waals surface area contributed by atoms with E-state index in [1.165, 1.54) is 14.2 Å². The van der Waals surface area contributed by atoms with Gasteiger partial charge in [0, 0.05) is 18.7 Å². The number of amides is 4. The first-order chi connectivity index (χ1) is 30.0. The fourth-order valence-electron chi connectivity index (χ4n) is 8.76. The van der Waals surface area contributed by atoms with Crippen molar-refractivity contribution in [3.63, 3.8) is 0 Å². The van der Waals surface area contributed by atoms with Gasteiger partial charge in [-0.15, -0.1) is 0 Å². The lowest BCUT2D eigenvalue weighted by atomic mass is 9.98. The number of fused-ring (bicyclic) bond motifs is 1. The maximum Gasteiger partial charge on any atom is 0.407 e. The maximum atomic E-state index is 13.9. The third kappa shape index (κ3) is 8.63. The molecule has 4 amide bonds. The zero-order valence-electron chi connectivity index (χ0n) is 35.6. The molecule has 14 heteroatoms. The summed E-state index contributed by atoms with van der Waals surface area (Å²) in [6.45, 7) is 7.07. The second-order valence-electron chi connectivity index (χ2n) is 16.6. The molecule has 4 aromatic carbocycles. The van der Waals surface area contributed by atoms with Gasteiger partial charge in [0.1, 0.15) is 23.7 Å². The van der Waals surface area contributed by atoms with Crippen LogP contribution in [0.1, 0.15) is 75.4 Å². The number of imidazole rings is 2. The quantitative estimate of drug-likeness (QED) is 0.101. The lowest BCUT2D eigenvalue weighted by molar-refractivity contribution is -0.136. The molecule has 0 radical (unpaired) electrons. The van der Waals surface area contributed by atoms with Crippen LogP contribution in [0.3, 0.4) is 0 Å². The Balaban J connectivity index is 0.948. The van der Waals surface area contributed by atoms with Gasteiger partial charge in [0.05, 0.1) is 50.1 Å². The second kappa shape index (κ2) is 17.9. The van der Waals surface area contributed by atoms with Crippen molar-refractivity contribution in [1.82, 2.24) is 40.4 Å². The number of aromatic amines is 2. The fourth-order valence-corrected chi connectivity index (χ4v) is 8.76. The molecule has 0 saturated carbocycles. The minimum absolute atomic E-state index is 0.117. The highest BCUT2D eigenvalue weighted by atomic mass is 16.5. The van der Waals surface area contributed by atoms with E-state index in [-0.39, 0.29) is 35.7 Å². The molecule has 0 spiro atoms. The molecule has 2 saturated heterocycles. The number of H-pyrrole nitrogens is 2. The fraction of sp³-hybridized carbons (Fsp3) is 0.333. The largest absolute Gasteiger partial charge is 0.453 e. The van der Waals surface area contributed by atoms with E-state index in [4.69, 9.17) is 19.4 Å². The summed E-state index contributed by atoms with van der Waals surface area (Å²) < 4.78 is 9.63. The molecule has 5 atom stereocenters. The van der Waals surface area contributed by atoms with E-state index < -0.39 is 24.3 Å². The molecule has 2 aliphatic heterocycles. The van der Waals surface area contributed by atoms with Crippen LogP contribution in [0.25, 0.3) is 44.4 Å². The molecule has 0 bridgehead atoms. The number of nitrogens with zero attached hydrogens (tertiary/aromatic N) is 4. The zero-order valence-corrected chi connectivity index (χ0v) is 35.6. The van der Waals surface area contributed by atoms with E-state index in [0.29, 0.717) is 24.5 Å². The van der Waals surface area contributed by atoms with E-state index in [2.05, 4.69) is 88.2 Å². The molecular formula is C48H52N8O6. The monoisotopic (exact) mass is 836 g/mol. The van der Waals surface area contributed by atoms with Gasteiger partial charge in [-0.05, 0) is 76.3 Å². The summed E-state index contributed by atoms with van der Waals surface area (Å²) in [6, 6.07) is 28.2. The van der Waals surface area contributed by atoms with Crippen LogP contribution in [0, 0.1) is 11.8 Å². The molecular weight excluding hydrogens is 785 g/mol. The SMILES string of the molecule is COC(=O)N[C@H](C(=O)N1C[C@@H](C)C[C@H]1c1ncc(-c2ccc3cc(-c4ccc(-c5cnc([C@@H]6CCCN6C(=O)[C@H](NC(=O)OC)c6ccccc6)[nH]5)cc4)ccc3c2)[nH]1)C(C)C. The molecule has 2 aliphatic rings. The molecule has 2 fully saturated rings. The minimum atomic E-state index is -0.881. The summed E-state index contributed by atoms with van der Waals surface area (Å²) in [4.78, 5) is 72.0. The van der Waals surface area contributed by atoms with Crippen LogP contribution >= 0.6 is 0 Å². The van der Waals surface area contributed by atoms with E-state index in [1.54, 1.807) is 11.1 Å². The van der Waals surface area contributed by atoms with Gasteiger partial charge in [-0.1, -0.05) is 99.6 Å². The van der Waals surface area contributed by atoms with E-state index in [9.17, 15) is 19.2 Å². The van der Waals surface area contributed by atoms with Crippen molar-refractivity contribution in [2.45, 2.75) is 64.2 Å². The highest BCUT2D eigenvalue weighted by molar-refractivity contribution is 5.91. The zero-order chi connectivity index (χ0) is 43.5. The van der Waals surface area contributed by atoms with Crippen molar-refractivity contribution in [2.75, 3.05) is 27.3 Å². The Bertz CT molecular complexity index is 2570. The molecule has 62 heavy (non-hydrogen) atoms. The molecule has 4 heterocycles. The summed E-state index contributed by atoms with van der Waals surface area (Å²) in [5, 5.41) is 7.62. The number of benzene rings is 4. The first-order valence-electron chi connectivity index (χ1n) is 21.1. The Hall–Kier alpha value is -6.96. The topological polar surface area (TPSA) is 175 Å². The van der Waals surface area contributed by atoms with Gasteiger partial charge in [0.15, 0.2) is 0 Å². The number of carbonyl (C=O) groups excluding carboxylic acids is 4. The number of methoxy groups -OCH3 is 2. The van der Waals surface area contributed by atoms with Gasteiger partial charge in [-0.25, -0.2) is 19.6 Å². The molecule has 2 aromatic heterocycles. The molecule has 14 nitrogen and oxygen atoms in total. The maximum absolute atomic E-state index is 13.9. The van der Waals surface area contributed by atoms with Crippen LogP contribution < -0.4 is 10.6 Å².